The molecule has 0 radical (unpaired) electrons. The fourth-order valence-electron chi connectivity index (χ4n) is 3.03. The normalized spacial score (nSPS) is 20.6. The number of rotatable bonds is 6. The second-order valence-electron chi connectivity index (χ2n) is 6.25. The molecule has 3 nitrogen and oxygen atoms in total. The Labute approximate surface area is 128 Å². The fraction of sp³-hybridized carbons (Fsp3) is 0.611. The number of hydrogen-bond acceptors (Lipinski definition) is 2. The second kappa shape index (κ2) is 7.60. The number of nitrogens with one attached hydrogen (secondary N) is 1. The zero-order valence-corrected chi connectivity index (χ0v) is 13.6. The van der Waals surface area contributed by atoms with Crippen LogP contribution in [0.2, 0.25) is 0 Å². The molecule has 1 heterocycles. The van der Waals surface area contributed by atoms with Crippen LogP contribution in [0.1, 0.15) is 50.3 Å². The van der Waals surface area contributed by atoms with Crippen molar-refractivity contribution in [3.63, 3.8) is 0 Å². The van der Waals surface area contributed by atoms with E-state index in [1.807, 2.05) is 4.90 Å². The van der Waals surface area contributed by atoms with E-state index in [0.29, 0.717) is 5.91 Å². The molecule has 1 aromatic carbocycles. The molecule has 3 heteroatoms. The van der Waals surface area contributed by atoms with E-state index in [2.05, 4.69) is 50.4 Å². The van der Waals surface area contributed by atoms with Crippen LogP contribution < -0.4 is 5.32 Å². The van der Waals surface area contributed by atoms with Crippen LogP contribution in [0, 0.1) is 12.8 Å². The second-order valence-corrected chi connectivity index (χ2v) is 6.25. The van der Waals surface area contributed by atoms with E-state index < -0.39 is 0 Å². The lowest BCUT2D eigenvalue weighted by Crippen LogP contribution is -2.44. The summed E-state index contributed by atoms with van der Waals surface area (Å²) in [6, 6.07) is 8.85. The molecule has 0 aromatic heterocycles. The van der Waals surface area contributed by atoms with Crippen molar-refractivity contribution >= 4 is 5.91 Å². The molecular weight excluding hydrogens is 260 g/mol. The van der Waals surface area contributed by atoms with Gasteiger partial charge in [-0.15, -0.1) is 0 Å². The number of carbonyl (C=O) groups is 1. The lowest BCUT2D eigenvalue weighted by molar-refractivity contribution is -0.138. The number of likely N-dealkylation sites (tertiary alicyclic amines) is 1. The number of aryl methyl sites for hydroxylation is 1. The third-order valence-electron chi connectivity index (χ3n) is 4.29. The molecule has 21 heavy (non-hydrogen) atoms. The quantitative estimate of drug-likeness (QED) is 0.871. The molecule has 1 fully saturated rings. The van der Waals surface area contributed by atoms with Gasteiger partial charge in [0, 0.05) is 25.0 Å². The Hall–Kier alpha value is -1.35. The van der Waals surface area contributed by atoms with Crippen molar-refractivity contribution in [2.45, 2.75) is 46.1 Å². The first-order valence-corrected chi connectivity index (χ1v) is 8.20. The topological polar surface area (TPSA) is 32.3 Å². The predicted molar refractivity (Wildman–Crippen MR) is 87.2 cm³/mol. The number of nitrogens with zero attached hydrogens (tertiary/aromatic N) is 1. The summed E-state index contributed by atoms with van der Waals surface area (Å²) in [4.78, 5) is 14.4. The van der Waals surface area contributed by atoms with Gasteiger partial charge in [0.15, 0.2) is 0 Å². The monoisotopic (exact) mass is 288 g/mol. The maximum atomic E-state index is 12.3. The SMILES string of the molecule is CCCNC(CN1CCCC(C)C1=O)c1cccc(C)c1. The highest BCUT2D eigenvalue weighted by Gasteiger charge is 2.27. The van der Waals surface area contributed by atoms with E-state index >= 15 is 0 Å². The molecule has 2 rings (SSSR count). The highest BCUT2D eigenvalue weighted by atomic mass is 16.2. The van der Waals surface area contributed by atoms with Crippen LogP contribution in [-0.4, -0.2) is 30.4 Å². The molecule has 0 bridgehead atoms. The average molecular weight is 288 g/mol. The number of amides is 1. The molecule has 1 aliphatic rings. The highest BCUT2D eigenvalue weighted by molar-refractivity contribution is 5.79. The maximum absolute atomic E-state index is 12.3. The minimum Gasteiger partial charge on any atom is -0.341 e. The summed E-state index contributed by atoms with van der Waals surface area (Å²) in [6.45, 7) is 9.01. The summed E-state index contributed by atoms with van der Waals surface area (Å²) in [5.41, 5.74) is 2.56. The minimum atomic E-state index is 0.183. The van der Waals surface area contributed by atoms with Crippen LogP contribution in [-0.2, 0) is 4.79 Å². The van der Waals surface area contributed by atoms with Gasteiger partial charge in [0.25, 0.3) is 0 Å². The average Bonchev–Trinajstić information content (AvgIpc) is 2.47. The van der Waals surface area contributed by atoms with Crippen molar-refractivity contribution in [1.82, 2.24) is 10.2 Å². The zero-order chi connectivity index (χ0) is 15.2. The first kappa shape index (κ1) is 16.0. The fourth-order valence-corrected chi connectivity index (χ4v) is 3.03. The van der Waals surface area contributed by atoms with Crippen molar-refractivity contribution in [2.75, 3.05) is 19.6 Å². The van der Waals surface area contributed by atoms with Crippen molar-refractivity contribution in [3.8, 4) is 0 Å². The van der Waals surface area contributed by atoms with Crippen LogP contribution in [0.15, 0.2) is 24.3 Å². The largest absolute Gasteiger partial charge is 0.341 e. The Morgan fingerprint density at radius 2 is 2.24 bits per heavy atom. The van der Waals surface area contributed by atoms with Gasteiger partial charge in [0.2, 0.25) is 5.91 Å². The zero-order valence-electron chi connectivity index (χ0n) is 13.6. The van der Waals surface area contributed by atoms with Gasteiger partial charge < -0.3 is 10.2 Å². The summed E-state index contributed by atoms with van der Waals surface area (Å²) in [7, 11) is 0. The summed E-state index contributed by atoms with van der Waals surface area (Å²) in [6.07, 6.45) is 3.26. The van der Waals surface area contributed by atoms with E-state index in [4.69, 9.17) is 0 Å². The van der Waals surface area contributed by atoms with Crippen LogP contribution in [0.25, 0.3) is 0 Å². The van der Waals surface area contributed by atoms with Gasteiger partial charge in [-0.05, 0) is 38.3 Å². The Morgan fingerprint density at radius 3 is 2.95 bits per heavy atom. The summed E-state index contributed by atoms with van der Waals surface area (Å²) < 4.78 is 0. The summed E-state index contributed by atoms with van der Waals surface area (Å²) >= 11 is 0. The Kier molecular flexibility index (Phi) is 5.80. The van der Waals surface area contributed by atoms with Gasteiger partial charge in [-0.2, -0.15) is 0 Å². The Balaban J connectivity index is 2.10. The molecule has 1 N–H and O–H groups in total. The molecule has 0 spiro atoms. The Morgan fingerprint density at radius 1 is 1.43 bits per heavy atom. The lowest BCUT2D eigenvalue weighted by atomic mass is 9.97. The third-order valence-corrected chi connectivity index (χ3v) is 4.29. The van der Waals surface area contributed by atoms with Gasteiger partial charge >= 0.3 is 0 Å². The molecule has 1 amide bonds. The van der Waals surface area contributed by atoms with E-state index in [1.54, 1.807) is 0 Å². The predicted octanol–water partition coefficient (Wildman–Crippen LogP) is 3.29. The molecule has 2 unspecified atom stereocenters. The van der Waals surface area contributed by atoms with E-state index in [0.717, 1.165) is 38.9 Å². The molecule has 1 saturated heterocycles. The number of piperidine rings is 1. The van der Waals surface area contributed by atoms with Crippen LogP contribution in [0.5, 0.6) is 0 Å². The minimum absolute atomic E-state index is 0.183. The van der Waals surface area contributed by atoms with Gasteiger partial charge in [0.1, 0.15) is 0 Å². The number of benzene rings is 1. The molecule has 1 aromatic rings. The smallest absolute Gasteiger partial charge is 0.225 e. The molecule has 0 aliphatic carbocycles. The molecular formula is C18H28N2O. The number of hydrogen-bond donors (Lipinski definition) is 1. The van der Waals surface area contributed by atoms with Crippen molar-refractivity contribution in [1.29, 1.82) is 0 Å². The first-order valence-electron chi connectivity index (χ1n) is 8.20. The van der Waals surface area contributed by atoms with Gasteiger partial charge in [-0.25, -0.2) is 0 Å². The van der Waals surface area contributed by atoms with E-state index in [9.17, 15) is 4.79 Å². The molecule has 1 aliphatic heterocycles. The number of carbonyl (C=O) groups excluding carboxylic acids is 1. The van der Waals surface area contributed by atoms with Crippen molar-refractivity contribution < 1.29 is 4.79 Å². The van der Waals surface area contributed by atoms with Crippen molar-refractivity contribution in [3.05, 3.63) is 35.4 Å². The van der Waals surface area contributed by atoms with Crippen molar-refractivity contribution in [2.24, 2.45) is 5.92 Å². The van der Waals surface area contributed by atoms with Crippen LogP contribution in [0.3, 0.4) is 0 Å². The maximum Gasteiger partial charge on any atom is 0.225 e. The first-order chi connectivity index (χ1) is 10.1. The van der Waals surface area contributed by atoms with E-state index in [-0.39, 0.29) is 12.0 Å². The summed E-state index contributed by atoms with van der Waals surface area (Å²) in [5, 5.41) is 3.60. The summed E-state index contributed by atoms with van der Waals surface area (Å²) in [5.74, 6) is 0.500. The third kappa shape index (κ3) is 4.31. The van der Waals surface area contributed by atoms with Gasteiger partial charge in [0.05, 0.1) is 0 Å². The van der Waals surface area contributed by atoms with Crippen LogP contribution in [0.4, 0.5) is 0 Å². The molecule has 2 atom stereocenters. The Bertz CT molecular complexity index is 472. The standard InChI is InChI=1S/C18H28N2O/c1-4-10-19-17(16-9-5-7-14(2)12-16)13-20-11-6-8-15(3)18(20)21/h5,7,9,12,15,17,19H,4,6,8,10-11,13H2,1-3H3. The molecule has 0 saturated carbocycles. The van der Waals surface area contributed by atoms with Crippen LogP contribution >= 0.6 is 0 Å². The van der Waals surface area contributed by atoms with Gasteiger partial charge in [-0.1, -0.05) is 43.7 Å². The highest BCUT2D eigenvalue weighted by Crippen LogP contribution is 2.22. The lowest BCUT2D eigenvalue weighted by Gasteiger charge is -2.34. The van der Waals surface area contributed by atoms with E-state index in [1.165, 1.54) is 11.1 Å². The molecule has 116 valence electrons. The van der Waals surface area contributed by atoms with Gasteiger partial charge in [-0.3, -0.25) is 4.79 Å².